The molecule has 1 fully saturated rings. The summed E-state index contributed by atoms with van der Waals surface area (Å²) in [5.41, 5.74) is 3.60. The summed E-state index contributed by atoms with van der Waals surface area (Å²) in [6, 6.07) is 15.7. The first-order valence-corrected chi connectivity index (χ1v) is 14.1. The van der Waals surface area contributed by atoms with Gasteiger partial charge in [0.15, 0.2) is 0 Å². The maximum atomic E-state index is 12.6. The largest absolute Gasteiger partial charge is 0.461 e. The van der Waals surface area contributed by atoms with Crippen LogP contribution in [-0.4, -0.2) is 72.3 Å². The zero-order valence-electron chi connectivity index (χ0n) is 23.8. The highest BCUT2D eigenvalue weighted by Crippen LogP contribution is 2.23. The van der Waals surface area contributed by atoms with Crippen LogP contribution in [0.3, 0.4) is 0 Å². The van der Waals surface area contributed by atoms with Gasteiger partial charge in [0.2, 0.25) is 5.91 Å². The molecule has 0 aromatic heterocycles. The molecule has 2 aliphatic heterocycles. The number of carbonyl (C=O) groups is 3. The highest BCUT2D eigenvalue weighted by Gasteiger charge is 2.27. The Morgan fingerprint density at radius 3 is 2.45 bits per heavy atom. The van der Waals surface area contributed by atoms with Gasteiger partial charge in [-0.25, -0.2) is 4.79 Å². The number of hydrogen-bond acceptors (Lipinski definition) is 7. The van der Waals surface area contributed by atoms with Crippen LogP contribution in [0.2, 0.25) is 0 Å². The number of benzene rings is 2. The van der Waals surface area contributed by atoms with Crippen molar-refractivity contribution in [2.24, 2.45) is 0 Å². The molecule has 2 heterocycles. The molecule has 216 valence electrons. The van der Waals surface area contributed by atoms with Crippen LogP contribution < -0.4 is 5.32 Å². The van der Waals surface area contributed by atoms with E-state index in [9.17, 15) is 14.4 Å². The number of nitrogens with zero attached hydrogens (tertiary/aromatic N) is 2. The van der Waals surface area contributed by atoms with Crippen molar-refractivity contribution in [2.45, 2.75) is 71.3 Å². The molecule has 0 atom stereocenters. The molecule has 9 nitrogen and oxygen atoms in total. The summed E-state index contributed by atoms with van der Waals surface area (Å²) in [6.45, 7) is 9.14. The van der Waals surface area contributed by atoms with Crippen molar-refractivity contribution in [1.82, 2.24) is 9.80 Å². The monoisotopic (exact) mass is 551 g/mol. The summed E-state index contributed by atoms with van der Waals surface area (Å²) in [6.07, 6.45) is 2.20. The average molecular weight is 552 g/mol. The fourth-order valence-electron chi connectivity index (χ4n) is 4.87. The Labute approximate surface area is 236 Å². The number of fused-ring (bicyclic) bond motifs is 1. The van der Waals surface area contributed by atoms with Crippen LogP contribution in [0.5, 0.6) is 0 Å². The summed E-state index contributed by atoms with van der Waals surface area (Å²) < 4.78 is 16.7. The maximum Gasteiger partial charge on any atom is 0.410 e. The minimum atomic E-state index is -0.520. The summed E-state index contributed by atoms with van der Waals surface area (Å²) in [7, 11) is 0. The van der Waals surface area contributed by atoms with Gasteiger partial charge in [0.25, 0.3) is 0 Å². The van der Waals surface area contributed by atoms with Crippen molar-refractivity contribution in [3.05, 3.63) is 65.2 Å². The third kappa shape index (κ3) is 9.34. The predicted molar refractivity (Wildman–Crippen MR) is 152 cm³/mol. The second-order valence-electron chi connectivity index (χ2n) is 11.4. The number of rotatable bonds is 9. The SMILES string of the molecule is CC(C)(C)OC(=O)N1CCC(OCC(=O)Nc2ccc3c(c2)CN(CCC(=O)OCc2ccccc2)CC3)CC1. The first kappa shape index (κ1) is 29.6. The van der Waals surface area contributed by atoms with Crippen LogP contribution in [0.1, 0.15) is 56.7 Å². The Morgan fingerprint density at radius 1 is 0.975 bits per heavy atom. The molecule has 0 saturated carbocycles. The van der Waals surface area contributed by atoms with Crippen LogP contribution in [0, 0.1) is 0 Å². The number of carbonyl (C=O) groups excluding carboxylic acids is 3. The molecule has 1 N–H and O–H groups in total. The number of piperidine rings is 1. The lowest BCUT2D eigenvalue weighted by Gasteiger charge is -2.33. The standard InChI is InChI=1S/C31H41N3O6/c1-31(2,3)40-30(37)34-17-12-27(13-18-34)38-22-28(35)32-26-10-9-24-11-15-33(20-25(24)19-26)16-14-29(36)39-21-23-7-5-4-6-8-23/h4-10,19,27H,11-18,20-22H2,1-3H3,(H,32,35). The number of anilines is 1. The number of hydrogen-bond donors (Lipinski definition) is 1. The molecule has 0 spiro atoms. The lowest BCUT2D eigenvalue weighted by molar-refractivity contribution is -0.145. The highest BCUT2D eigenvalue weighted by molar-refractivity contribution is 5.91. The molecule has 0 aliphatic carbocycles. The normalized spacial score (nSPS) is 16.2. The first-order valence-electron chi connectivity index (χ1n) is 14.1. The van der Waals surface area contributed by atoms with Crippen molar-refractivity contribution >= 4 is 23.7 Å². The van der Waals surface area contributed by atoms with Gasteiger partial charge in [-0.2, -0.15) is 0 Å². The van der Waals surface area contributed by atoms with Crippen molar-refractivity contribution in [3.8, 4) is 0 Å². The van der Waals surface area contributed by atoms with Crippen LogP contribution in [0.25, 0.3) is 0 Å². The summed E-state index contributed by atoms with van der Waals surface area (Å²) >= 11 is 0. The second-order valence-corrected chi connectivity index (χ2v) is 11.4. The first-order chi connectivity index (χ1) is 19.1. The molecule has 4 rings (SSSR count). The van der Waals surface area contributed by atoms with Gasteiger partial charge in [-0.3, -0.25) is 14.5 Å². The molecule has 0 bridgehead atoms. The molecule has 2 aromatic carbocycles. The van der Waals surface area contributed by atoms with Gasteiger partial charge in [-0.15, -0.1) is 0 Å². The van der Waals surface area contributed by atoms with Crippen LogP contribution >= 0.6 is 0 Å². The van der Waals surface area contributed by atoms with E-state index in [1.165, 1.54) is 5.56 Å². The fraction of sp³-hybridized carbons (Fsp3) is 0.516. The zero-order valence-corrected chi connectivity index (χ0v) is 23.8. The van der Waals surface area contributed by atoms with Crippen molar-refractivity contribution in [1.29, 1.82) is 0 Å². The quantitative estimate of drug-likeness (QED) is 0.457. The van der Waals surface area contributed by atoms with Crippen molar-refractivity contribution in [2.75, 3.05) is 38.1 Å². The predicted octanol–water partition coefficient (Wildman–Crippen LogP) is 4.53. The summed E-state index contributed by atoms with van der Waals surface area (Å²) in [5, 5.41) is 2.94. The van der Waals surface area contributed by atoms with Gasteiger partial charge < -0.3 is 24.4 Å². The van der Waals surface area contributed by atoms with Crippen molar-refractivity contribution < 1.29 is 28.6 Å². The van der Waals surface area contributed by atoms with Crippen LogP contribution in [-0.2, 0) is 43.4 Å². The molecule has 0 unspecified atom stereocenters. The van der Waals surface area contributed by atoms with Gasteiger partial charge >= 0.3 is 12.1 Å². The number of amides is 2. The van der Waals surface area contributed by atoms with Gasteiger partial charge in [0.05, 0.1) is 12.5 Å². The van der Waals surface area contributed by atoms with E-state index in [-0.39, 0.29) is 30.7 Å². The van der Waals surface area contributed by atoms with E-state index < -0.39 is 5.60 Å². The fourth-order valence-corrected chi connectivity index (χ4v) is 4.87. The molecular formula is C31H41N3O6. The van der Waals surface area contributed by atoms with E-state index >= 15 is 0 Å². The molecule has 2 aliphatic rings. The van der Waals surface area contributed by atoms with Gasteiger partial charge in [0.1, 0.15) is 18.8 Å². The average Bonchev–Trinajstić information content (AvgIpc) is 2.93. The Kier molecular flexibility index (Phi) is 10.2. The topological polar surface area (TPSA) is 97.4 Å². The van der Waals surface area contributed by atoms with E-state index in [0.29, 0.717) is 45.5 Å². The van der Waals surface area contributed by atoms with Crippen LogP contribution in [0.4, 0.5) is 10.5 Å². The maximum absolute atomic E-state index is 12.6. The molecule has 2 aromatic rings. The number of ether oxygens (including phenoxy) is 3. The third-order valence-corrected chi connectivity index (χ3v) is 7.00. The molecule has 9 heteroatoms. The van der Waals surface area contributed by atoms with E-state index in [1.54, 1.807) is 4.90 Å². The summed E-state index contributed by atoms with van der Waals surface area (Å²) in [4.78, 5) is 41.0. The highest BCUT2D eigenvalue weighted by atomic mass is 16.6. The Morgan fingerprint density at radius 2 is 1.73 bits per heavy atom. The zero-order chi connectivity index (χ0) is 28.5. The molecule has 40 heavy (non-hydrogen) atoms. The molecule has 0 radical (unpaired) electrons. The lowest BCUT2D eigenvalue weighted by atomic mass is 9.99. The van der Waals surface area contributed by atoms with Gasteiger partial charge in [-0.05, 0) is 68.9 Å². The molecule has 1 saturated heterocycles. The van der Waals surface area contributed by atoms with Gasteiger partial charge in [0, 0.05) is 38.4 Å². The smallest absolute Gasteiger partial charge is 0.410 e. The Bertz CT molecular complexity index is 1160. The molecular weight excluding hydrogens is 510 g/mol. The number of likely N-dealkylation sites (tertiary alicyclic amines) is 1. The van der Waals surface area contributed by atoms with Crippen LogP contribution in [0.15, 0.2) is 48.5 Å². The van der Waals surface area contributed by atoms with E-state index in [2.05, 4.69) is 16.3 Å². The van der Waals surface area contributed by atoms with Gasteiger partial charge in [-0.1, -0.05) is 36.4 Å². The minimum Gasteiger partial charge on any atom is -0.461 e. The lowest BCUT2D eigenvalue weighted by Crippen LogP contribution is -2.43. The van der Waals surface area contributed by atoms with E-state index in [4.69, 9.17) is 14.2 Å². The van der Waals surface area contributed by atoms with E-state index in [1.807, 2.05) is 63.2 Å². The Hall–Kier alpha value is -3.43. The Balaban J connectivity index is 1.16. The second kappa shape index (κ2) is 13.8. The number of esters is 1. The minimum absolute atomic E-state index is 0.0363. The third-order valence-electron chi connectivity index (χ3n) is 7.00. The summed E-state index contributed by atoms with van der Waals surface area (Å²) in [5.74, 6) is -0.408. The van der Waals surface area contributed by atoms with Crippen molar-refractivity contribution in [3.63, 3.8) is 0 Å². The molecule has 2 amide bonds. The number of nitrogens with one attached hydrogen (secondary N) is 1. The van der Waals surface area contributed by atoms with E-state index in [0.717, 1.165) is 36.3 Å².